The van der Waals surface area contributed by atoms with Gasteiger partial charge in [-0.25, -0.2) is 8.42 Å². The van der Waals surface area contributed by atoms with E-state index in [2.05, 4.69) is 0 Å². The van der Waals surface area contributed by atoms with Crippen LogP contribution < -0.4 is 4.74 Å². The lowest BCUT2D eigenvalue weighted by molar-refractivity contribution is -0.141. The molecule has 1 unspecified atom stereocenters. The lowest BCUT2D eigenvalue weighted by Gasteiger charge is -2.25. The first-order valence-corrected chi connectivity index (χ1v) is 8.63. The molecule has 2 aromatic carbocycles. The maximum absolute atomic E-state index is 12.8. The zero-order valence-electron chi connectivity index (χ0n) is 13.6. The number of hydrogen-bond donors (Lipinski definition) is 1. The Hall–Kier alpha value is -2.38. The second-order valence-corrected chi connectivity index (χ2v) is 7.30. The van der Waals surface area contributed by atoms with Gasteiger partial charge in [-0.1, -0.05) is 30.3 Å². The summed E-state index contributed by atoms with van der Waals surface area (Å²) in [4.78, 5) is 11.7. The predicted molar refractivity (Wildman–Crippen MR) is 89.5 cm³/mol. The molecule has 0 bridgehead atoms. The average Bonchev–Trinajstić information content (AvgIpc) is 2.55. The summed E-state index contributed by atoms with van der Waals surface area (Å²) in [5, 5.41) is 9.52. The van der Waals surface area contributed by atoms with E-state index in [1.165, 1.54) is 26.3 Å². The summed E-state index contributed by atoms with van der Waals surface area (Å²) in [5.74, 6) is -0.674. The van der Waals surface area contributed by atoms with Gasteiger partial charge in [-0.2, -0.15) is 4.31 Å². The van der Waals surface area contributed by atoms with Crippen molar-refractivity contribution in [1.82, 2.24) is 4.31 Å². The molecule has 2 aromatic rings. The Kier molecular flexibility index (Phi) is 5.26. The molecule has 24 heavy (non-hydrogen) atoms. The number of ether oxygens (including phenoxy) is 1. The standard InChI is InChI=1S/C17H19NO5S/c1-12-11-14(9-10-15(12)23-3)24(21,22)18(2)16(17(19)20)13-7-5-4-6-8-13/h4-11,16H,1-3H3,(H,19,20). The topological polar surface area (TPSA) is 83.9 Å². The van der Waals surface area contributed by atoms with E-state index in [1.54, 1.807) is 43.3 Å². The molecule has 0 spiro atoms. The number of benzene rings is 2. The van der Waals surface area contributed by atoms with Crippen LogP contribution in [-0.4, -0.2) is 38.0 Å². The largest absolute Gasteiger partial charge is 0.496 e. The highest BCUT2D eigenvalue weighted by Crippen LogP contribution is 2.28. The minimum absolute atomic E-state index is 0.0190. The number of hydrogen-bond acceptors (Lipinski definition) is 4. The van der Waals surface area contributed by atoms with Crippen molar-refractivity contribution in [3.05, 3.63) is 59.7 Å². The van der Waals surface area contributed by atoms with E-state index in [1.807, 2.05) is 0 Å². The molecular formula is C17H19NO5S. The Morgan fingerprint density at radius 2 is 1.79 bits per heavy atom. The minimum atomic E-state index is -3.98. The third kappa shape index (κ3) is 3.42. The smallest absolute Gasteiger partial charge is 0.326 e. The van der Waals surface area contributed by atoms with E-state index in [0.717, 1.165) is 4.31 Å². The van der Waals surface area contributed by atoms with Gasteiger partial charge in [0.05, 0.1) is 12.0 Å². The predicted octanol–water partition coefficient (Wildman–Crippen LogP) is 2.45. The molecule has 0 saturated carbocycles. The van der Waals surface area contributed by atoms with Crippen LogP contribution in [-0.2, 0) is 14.8 Å². The molecule has 128 valence electrons. The highest BCUT2D eigenvalue weighted by molar-refractivity contribution is 7.89. The quantitative estimate of drug-likeness (QED) is 0.866. The van der Waals surface area contributed by atoms with Crippen molar-refractivity contribution in [3.63, 3.8) is 0 Å². The highest BCUT2D eigenvalue weighted by Gasteiger charge is 2.34. The van der Waals surface area contributed by atoms with E-state index in [9.17, 15) is 18.3 Å². The van der Waals surface area contributed by atoms with E-state index < -0.39 is 22.0 Å². The molecule has 1 N–H and O–H groups in total. The second kappa shape index (κ2) is 7.02. The molecule has 0 heterocycles. The summed E-state index contributed by atoms with van der Waals surface area (Å²) in [6.45, 7) is 1.73. The Bertz CT molecular complexity index is 833. The van der Waals surface area contributed by atoms with Crippen LogP contribution in [0.2, 0.25) is 0 Å². The lowest BCUT2D eigenvalue weighted by atomic mass is 10.1. The van der Waals surface area contributed by atoms with E-state index in [-0.39, 0.29) is 4.90 Å². The number of likely N-dealkylation sites (N-methyl/N-ethyl adjacent to an activating group) is 1. The van der Waals surface area contributed by atoms with Crippen molar-refractivity contribution in [2.45, 2.75) is 17.9 Å². The number of nitrogens with zero attached hydrogens (tertiary/aromatic N) is 1. The molecule has 0 aliphatic carbocycles. The van der Waals surface area contributed by atoms with Gasteiger partial charge in [0, 0.05) is 7.05 Å². The molecule has 0 aromatic heterocycles. The highest BCUT2D eigenvalue weighted by atomic mass is 32.2. The van der Waals surface area contributed by atoms with Crippen LogP contribution in [0.1, 0.15) is 17.2 Å². The number of carboxylic acid groups (broad SMARTS) is 1. The molecule has 0 aliphatic heterocycles. The van der Waals surface area contributed by atoms with Gasteiger partial charge in [0.15, 0.2) is 0 Å². The van der Waals surface area contributed by atoms with Crippen LogP contribution >= 0.6 is 0 Å². The Morgan fingerprint density at radius 1 is 1.17 bits per heavy atom. The van der Waals surface area contributed by atoms with Crippen molar-refractivity contribution in [3.8, 4) is 5.75 Å². The molecule has 1 atom stereocenters. The molecule has 7 heteroatoms. The Balaban J connectivity index is 2.47. The zero-order chi connectivity index (χ0) is 17.9. The van der Waals surface area contributed by atoms with Gasteiger partial charge in [-0.15, -0.1) is 0 Å². The summed E-state index contributed by atoms with van der Waals surface area (Å²) < 4.78 is 31.6. The molecule has 6 nitrogen and oxygen atoms in total. The summed E-state index contributed by atoms with van der Waals surface area (Å²) in [5.41, 5.74) is 1.04. The van der Waals surface area contributed by atoms with Gasteiger partial charge < -0.3 is 9.84 Å². The number of methoxy groups -OCH3 is 1. The van der Waals surface area contributed by atoms with Gasteiger partial charge in [0.25, 0.3) is 0 Å². The fourth-order valence-electron chi connectivity index (χ4n) is 2.46. The van der Waals surface area contributed by atoms with Crippen LogP contribution in [0, 0.1) is 6.92 Å². The molecule has 2 rings (SSSR count). The fraction of sp³-hybridized carbons (Fsp3) is 0.235. The molecule has 0 amide bonds. The van der Waals surface area contributed by atoms with E-state index >= 15 is 0 Å². The van der Waals surface area contributed by atoms with Crippen LogP contribution in [0.5, 0.6) is 5.75 Å². The average molecular weight is 349 g/mol. The first kappa shape index (κ1) is 18.0. The molecule has 0 aliphatic rings. The van der Waals surface area contributed by atoms with Gasteiger partial charge in [-0.3, -0.25) is 4.79 Å². The zero-order valence-corrected chi connectivity index (χ0v) is 14.4. The minimum Gasteiger partial charge on any atom is -0.496 e. The third-order valence-corrected chi connectivity index (χ3v) is 5.57. The molecular weight excluding hydrogens is 330 g/mol. The number of carbonyl (C=O) groups is 1. The summed E-state index contributed by atoms with van der Waals surface area (Å²) >= 11 is 0. The number of carboxylic acids is 1. The first-order valence-electron chi connectivity index (χ1n) is 7.19. The number of sulfonamides is 1. The fourth-order valence-corrected chi connectivity index (χ4v) is 3.85. The van der Waals surface area contributed by atoms with Gasteiger partial charge in [0.2, 0.25) is 10.0 Å². The Labute approximate surface area is 141 Å². The van der Waals surface area contributed by atoms with E-state index in [0.29, 0.717) is 16.9 Å². The normalized spacial score (nSPS) is 12.8. The monoisotopic (exact) mass is 349 g/mol. The number of aryl methyl sites for hydroxylation is 1. The number of rotatable bonds is 6. The molecule has 0 saturated heterocycles. The first-order chi connectivity index (χ1) is 11.3. The lowest BCUT2D eigenvalue weighted by Crippen LogP contribution is -2.35. The number of aliphatic carboxylic acids is 1. The van der Waals surface area contributed by atoms with Crippen molar-refractivity contribution < 1.29 is 23.1 Å². The Morgan fingerprint density at radius 3 is 2.29 bits per heavy atom. The second-order valence-electron chi connectivity index (χ2n) is 5.30. The third-order valence-electron chi connectivity index (χ3n) is 3.76. The van der Waals surface area contributed by atoms with Gasteiger partial charge in [-0.05, 0) is 36.2 Å². The summed E-state index contributed by atoms with van der Waals surface area (Å²) in [6, 6.07) is 11.4. The van der Waals surface area contributed by atoms with E-state index in [4.69, 9.17) is 4.74 Å². The van der Waals surface area contributed by atoms with Crippen molar-refractivity contribution in [2.75, 3.05) is 14.2 Å². The van der Waals surface area contributed by atoms with Crippen LogP contribution in [0.25, 0.3) is 0 Å². The van der Waals surface area contributed by atoms with Gasteiger partial charge in [0.1, 0.15) is 11.8 Å². The summed E-state index contributed by atoms with van der Waals surface area (Å²) in [6.07, 6.45) is 0. The maximum Gasteiger partial charge on any atom is 0.326 e. The van der Waals surface area contributed by atoms with Crippen LogP contribution in [0.3, 0.4) is 0 Å². The van der Waals surface area contributed by atoms with Crippen LogP contribution in [0.4, 0.5) is 0 Å². The van der Waals surface area contributed by atoms with Crippen LogP contribution in [0.15, 0.2) is 53.4 Å². The summed E-state index contributed by atoms with van der Waals surface area (Å²) in [7, 11) is -1.22. The van der Waals surface area contributed by atoms with Crippen molar-refractivity contribution in [2.24, 2.45) is 0 Å². The van der Waals surface area contributed by atoms with Gasteiger partial charge >= 0.3 is 5.97 Å². The van der Waals surface area contributed by atoms with Crippen molar-refractivity contribution >= 4 is 16.0 Å². The van der Waals surface area contributed by atoms with Crippen molar-refractivity contribution in [1.29, 1.82) is 0 Å². The molecule has 0 fully saturated rings. The molecule has 0 radical (unpaired) electrons. The maximum atomic E-state index is 12.8. The SMILES string of the molecule is COc1ccc(S(=O)(=O)N(C)C(C(=O)O)c2ccccc2)cc1C.